The standard InChI is InChI=1S/2C2H4O2.2H2O.Zr/c2*1-2(3)4;;;/h2*1H3,(H,3,4);2*1H2;. The molecule has 0 fully saturated rings. The Balaban J connectivity index is -0.0000000171. The van der Waals surface area contributed by atoms with Gasteiger partial charge in [0.1, 0.15) is 0 Å². The number of rotatable bonds is 0. The van der Waals surface area contributed by atoms with Gasteiger partial charge in [0.05, 0.1) is 0 Å². The van der Waals surface area contributed by atoms with Gasteiger partial charge < -0.3 is 21.2 Å². The molecule has 0 aromatic carbocycles. The summed E-state index contributed by atoms with van der Waals surface area (Å²) in [4.78, 5) is 18.0. The molecule has 0 saturated heterocycles. The van der Waals surface area contributed by atoms with Crippen LogP contribution in [0.4, 0.5) is 0 Å². The Morgan fingerprint density at radius 2 is 0.909 bits per heavy atom. The van der Waals surface area contributed by atoms with Gasteiger partial charge in [0, 0.05) is 40.1 Å². The first-order chi connectivity index (χ1) is 3.46. The third-order valence-electron chi connectivity index (χ3n) is 0. The molecule has 6 nitrogen and oxygen atoms in total. The quantitative estimate of drug-likeness (QED) is 0.539. The molecule has 0 atom stereocenters. The van der Waals surface area contributed by atoms with E-state index in [1.807, 2.05) is 0 Å². The Kier molecular flexibility index (Phi) is 63.5. The number of hydrogen-bond donors (Lipinski definition) is 2. The molecular formula is C4H12O6Zr. The smallest absolute Gasteiger partial charge is 0.300 e. The van der Waals surface area contributed by atoms with Crippen LogP contribution in [0.2, 0.25) is 0 Å². The maximum atomic E-state index is 9.00. The number of carbonyl (C=O) groups is 2. The fourth-order valence-corrected chi connectivity index (χ4v) is 0. The van der Waals surface area contributed by atoms with Crippen molar-refractivity contribution in [3.63, 3.8) is 0 Å². The molecule has 11 heavy (non-hydrogen) atoms. The number of aliphatic carboxylic acids is 2. The monoisotopic (exact) mass is 246 g/mol. The third kappa shape index (κ3) is 8850. The minimum absolute atomic E-state index is 0. The molecule has 68 valence electrons. The summed E-state index contributed by atoms with van der Waals surface area (Å²) in [6, 6.07) is 0. The molecule has 7 heteroatoms. The van der Waals surface area contributed by atoms with E-state index in [4.69, 9.17) is 19.8 Å². The van der Waals surface area contributed by atoms with Gasteiger partial charge >= 0.3 is 0 Å². The minimum Gasteiger partial charge on any atom is -0.481 e. The second-order valence-corrected chi connectivity index (χ2v) is 1.04. The van der Waals surface area contributed by atoms with Crippen LogP contribution in [-0.2, 0) is 35.8 Å². The fourth-order valence-electron chi connectivity index (χ4n) is 0. The van der Waals surface area contributed by atoms with Crippen LogP contribution >= 0.6 is 0 Å². The van der Waals surface area contributed by atoms with E-state index < -0.39 is 11.9 Å². The third-order valence-corrected chi connectivity index (χ3v) is 0. The predicted octanol–water partition coefficient (Wildman–Crippen LogP) is -1.47. The summed E-state index contributed by atoms with van der Waals surface area (Å²) in [7, 11) is 0. The fraction of sp³-hybridized carbons (Fsp3) is 0.500. The van der Waals surface area contributed by atoms with Crippen molar-refractivity contribution in [1.82, 2.24) is 0 Å². The van der Waals surface area contributed by atoms with Gasteiger partial charge in [-0.3, -0.25) is 9.59 Å². The van der Waals surface area contributed by atoms with E-state index >= 15 is 0 Å². The molecule has 0 aliphatic rings. The second kappa shape index (κ2) is 22.6. The zero-order valence-electron chi connectivity index (χ0n) is 6.21. The molecule has 6 N–H and O–H groups in total. The van der Waals surface area contributed by atoms with Gasteiger partial charge in [0.2, 0.25) is 0 Å². The van der Waals surface area contributed by atoms with Crippen molar-refractivity contribution in [3.8, 4) is 0 Å². The maximum Gasteiger partial charge on any atom is 0.300 e. The molecule has 0 bridgehead atoms. The largest absolute Gasteiger partial charge is 0.481 e. The van der Waals surface area contributed by atoms with E-state index in [-0.39, 0.29) is 37.2 Å². The van der Waals surface area contributed by atoms with Crippen LogP contribution in [0.5, 0.6) is 0 Å². The maximum absolute atomic E-state index is 9.00. The topological polar surface area (TPSA) is 138 Å². The van der Waals surface area contributed by atoms with Gasteiger partial charge in [-0.05, 0) is 0 Å². The molecule has 0 aliphatic carbocycles. The van der Waals surface area contributed by atoms with Crippen LogP contribution in [0, 0.1) is 0 Å². The van der Waals surface area contributed by atoms with Crippen LogP contribution in [0.25, 0.3) is 0 Å². The number of hydrogen-bond acceptors (Lipinski definition) is 2. The van der Waals surface area contributed by atoms with Gasteiger partial charge in [0.25, 0.3) is 11.9 Å². The molecule has 0 aromatic rings. The van der Waals surface area contributed by atoms with Crippen LogP contribution in [0.3, 0.4) is 0 Å². The van der Waals surface area contributed by atoms with Crippen molar-refractivity contribution in [2.45, 2.75) is 13.8 Å². The van der Waals surface area contributed by atoms with Crippen LogP contribution < -0.4 is 0 Å². The van der Waals surface area contributed by atoms with Crippen molar-refractivity contribution in [1.29, 1.82) is 0 Å². The number of carboxylic acids is 2. The molecule has 0 amide bonds. The van der Waals surface area contributed by atoms with Crippen molar-refractivity contribution >= 4 is 11.9 Å². The molecule has 0 rings (SSSR count). The Hall–Kier alpha value is -0.257. The second-order valence-electron chi connectivity index (χ2n) is 1.04. The molecule has 0 radical (unpaired) electrons. The molecule has 0 heterocycles. The van der Waals surface area contributed by atoms with Gasteiger partial charge in [0.15, 0.2) is 0 Å². The summed E-state index contributed by atoms with van der Waals surface area (Å²) in [5, 5.41) is 14.8. The van der Waals surface area contributed by atoms with Crippen LogP contribution in [-0.4, -0.2) is 33.1 Å². The summed E-state index contributed by atoms with van der Waals surface area (Å²) >= 11 is 0. The van der Waals surface area contributed by atoms with Gasteiger partial charge in [-0.2, -0.15) is 0 Å². The SMILES string of the molecule is CC(=O)O.CC(=O)O.O.O.[Zr]. The van der Waals surface area contributed by atoms with E-state index in [0.717, 1.165) is 13.8 Å². The number of carboxylic acid groups (broad SMARTS) is 2. The Morgan fingerprint density at radius 1 is 0.909 bits per heavy atom. The molecule has 0 unspecified atom stereocenters. The molecule has 0 aromatic heterocycles. The summed E-state index contributed by atoms with van der Waals surface area (Å²) < 4.78 is 0. The first kappa shape index (κ1) is 30.9. The predicted molar refractivity (Wildman–Crippen MR) is 33.8 cm³/mol. The van der Waals surface area contributed by atoms with E-state index in [9.17, 15) is 0 Å². The first-order valence-corrected chi connectivity index (χ1v) is 1.86. The summed E-state index contributed by atoms with van der Waals surface area (Å²) in [6.45, 7) is 2.17. The summed E-state index contributed by atoms with van der Waals surface area (Å²) in [5.74, 6) is -1.67. The Bertz CT molecular complexity index is 72.6. The zero-order valence-corrected chi connectivity index (χ0v) is 8.67. The van der Waals surface area contributed by atoms with Gasteiger partial charge in [-0.1, -0.05) is 0 Å². The van der Waals surface area contributed by atoms with Gasteiger partial charge in [-0.25, -0.2) is 0 Å². The van der Waals surface area contributed by atoms with Crippen LogP contribution in [0.1, 0.15) is 13.8 Å². The average Bonchev–Trinajstić information content (AvgIpc) is 1.25. The molecular weight excluding hydrogens is 235 g/mol. The van der Waals surface area contributed by atoms with Crippen molar-refractivity contribution in [2.75, 3.05) is 0 Å². The van der Waals surface area contributed by atoms with Crippen molar-refractivity contribution < 1.29 is 57.0 Å². The molecule has 0 saturated carbocycles. The van der Waals surface area contributed by atoms with Crippen molar-refractivity contribution in [2.24, 2.45) is 0 Å². The first-order valence-electron chi connectivity index (χ1n) is 1.86. The normalized spacial score (nSPS) is 4.55. The van der Waals surface area contributed by atoms with Gasteiger partial charge in [-0.15, -0.1) is 0 Å². The van der Waals surface area contributed by atoms with E-state index in [2.05, 4.69) is 0 Å². The van der Waals surface area contributed by atoms with E-state index in [1.54, 1.807) is 0 Å². The zero-order chi connectivity index (χ0) is 7.15. The summed E-state index contributed by atoms with van der Waals surface area (Å²) in [6.07, 6.45) is 0. The minimum atomic E-state index is -0.833. The van der Waals surface area contributed by atoms with Crippen LogP contribution in [0.15, 0.2) is 0 Å². The van der Waals surface area contributed by atoms with E-state index in [0.29, 0.717) is 0 Å². The van der Waals surface area contributed by atoms with Crippen molar-refractivity contribution in [3.05, 3.63) is 0 Å². The summed E-state index contributed by atoms with van der Waals surface area (Å²) in [5.41, 5.74) is 0. The molecule has 0 aliphatic heterocycles. The Morgan fingerprint density at radius 3 is 0.909 bits per heavy atom. The molecule has 0 spiro atoms. The average molecular weight is 247 g/mol. The van der Waals surface area contributed by atoms with E-state index in [1.165, 1.54) is 0 Å². The Labute approximate surface area is 83.0 Å².